The molecule has 0 unspecified atom stereocenters. The molecule has 0 aromatic heterocycles. The topological polar surface area (TPSA) is 55.1 Å². The molecule has 0 aliphatic heterocycles. The summed E-state index contributed by atoms with van der Waals surface area (Å²) in [4.78, 5) is 8.58. The molecule has 0 saturated heterocycles. The summed E-state index contributed by atoms with van der Waals surface area (Å²) < 4.78 is 0. The quantitative estimate of drug-likeness (QED) is 0.598. The lowest BCUT2D eigenvalue weighted by Crippen LogP contribution is -2.19. The van der Waals surface area contributed by atoms with E-state index in [2.05, 4.69) is 41.4 Å². The fourth-order valence-electron chi connectivity index (χ4n) is 2.99. The highest BCUT2D eigenvalue weighted by Gasteiger charge is 2.12. The van der Waals surface area contributed by atoms with Crippen LogP contribution in [0.4, 0.5) is 0 Å². The maximum absolute atomic E-state index is 8.58. The van der Waals surface area contributed by atoms with Crippen molar-refractivity contribution in [1.29, 1.82) is 0 Å². The molecular formula is C18H30N2O. The van der Waals surface area contributed by atoms with Gasteiger partial charge in [0.1, 0.15) is 0 Å². The van der Waals surface area contributed by atoms with Crippen LogP contribution in [-0.2, 0) is 11.2 Å². The zero-order valence-corrected chi connectivity index (χ0v) is 13.1. The minimum atomic E-state index is 0.250. The lowest BCUT2D eigenvalue weighted by molar-refractivity contribution is -0.106. The number of hydrogen-bond acceptors (Lipinski definition) is 2. The van der Waals surface area contributed by atoms with Crippen LogP contribution >= 0.6 is 0 Å². The van der Waals surface area contributed by atoms with E-state index in [-0.39, 0.29) is 6.41 Å². The number of nitrogens with two attached hydrogens (primary N) is 1. The van der Waals surface area contributed by atoms with Crippen LogP contribution in [0.3, 0.4) is 0 Å². The van der Waals surface area contributed by atoms with Gasteiger partial charge in [0, 0.05) is 0 Å². The van der Waals surface area contributed by atoms with Crippen LogP contribution in [0.5, 0.6) is 0 Å². The Labute approximate surface area is 129 Å². The Morgan fingerprint density at radius 1 is 1.10 bits per heavy atom. The molecule has 118 valence electrons. The summed E-state index contributed by atoms with van der Waals surface area (Å²) in [6.45, 7) is 2.32. The number of hydrogen-bond donors (Lipinski definition) is 2. The third-order valence-corrected chi connectivity index (χ3v) is 4.12. The van der Waals surface area contributed by atoms with Gasteiger partial charge in [-0.05, 0) is 43.8 Å². The Kier molecular flexibility index (Phi) is 10.4. The average Bonchev–Trinajstić information content (AvgIpc) is 2.53. The van der Waals surface area contributed by atoms with Crippen LogP contribution in [-0.4, -0.2) is 19.5 Å². The Morgan fingerprint density at radius 3 is 2.43 bits per heavy atom. The summed E-state index contributed by atoms with van der Waals surface area (Å²) in [5.74, 6) is 1.04. The first-order valence-corrected chi connectivity index (χ1v) is 8.27. The van der Waals surface area contributed by atoms with E-state index in [0.717, 1.165) is 18.9 Å². The Bertz CT molecular complexity index is 347. The molecule has 0 atom stereocenters. The largest absolute Gasteiger partial charge is 0.372 e. The van der Waals surface area contributed by atoms with Gasteiger partial charge in [-0.3, -0.25) is 4.79 Å². The predicted octanol–water partition coefficient (Wildman–Crippen LogP) is 3.28. The van der Waals surface area contributed by atoms with Gasteiger partial charge < -0.3 is 11.1 Å². The van der Waals surface area contributed by atoms with Gasteiger partial charge in [0.15, 0.2) is 0 Å². The number of amides is 1. The number of primary amides is 1. The SMILES string of the molecule is NC=O.c1ccc(CCNCCCC2CCCCC2)cc1. The zero-order valence-electron chi connectivity index (χ0n) is 13.1. The summed E-state index contributed by atoms with van der Waals surface area (Å²) in [6, 6.07) is 10.8. The fraction of sp³-hybridized carbons (Fsp3) is 0.611. The molecule has 0 heterocycles. The third-order valence-electron chi connectivity index (χ3n) is 4.12. The lowest BCUT2D eigenvalue weighted by Gasteiger charge is -2.21. The van der Waals surface area contributed by atoms with Gasteiger partial charge in [0.2, 0.25) is 6.41 Å². The number of carbonyl (C=O) groups excluding carboxylic acids is 1. The highest BCUT2D eigenvalue weighted by Crippen LogP contribution is 2.26. The maximum Gasteiger partial charge on any atom is 0.204 e. The van der Waals surface area contributed by atoms with E-state index in [4.69, 9.17) is 4.79 Å². The minimum Gasteiger partial charge on any atom is -0.372 e. The highest BCUT2D eigenvalue weighted by atomic mass is 16.1. The summed E-state index contributed by atoms with van der Waals surface area (Å²) in [6.07, 6.45) is 11.6. The van der Waals surface area contributed by atoms with E-state index in [0.29, 0.717) is 0 Å². The molecule has 1 aliphatic rings. The second kappa shape index (κ2) is 12.4. The molecule has 1 aromatic rings. The normalized spacial score (nSPS) is 15.0. The smallest absolute Gasteiger partial charge is 0.204 e. The van der Waals surface area contributed by atoms with Crippen LogP contribution in [0.25, 0.3) is 0 Å². The standard InChI is InChI=1S/C17H27N.CH3NO/c1-3-8-16(9-4-1)12-7-14-18-15-13-17-10-5-2-6-11-17;2-1-3/h2,5-6,10-11,16,18H,1,3-4,7-9,12-15H2;1H,(H2,2,3). The third kappa shape index (κ3) is 9.24. The molecular weight excluding hydrogens is 260 g/mol. The van der Waals surface area contributed by atoms with Gasteiger partial charge in [0.25, 0.3) is 0 Å². The molecule has 0 spiro atoms. The maximum atomic E-state index is 8.58. The van der Waals surface area contributed by atoms with Crippen molar-refractivity contribution in [1.82, 2.24) is 5.32 Å². The first kappa shape index (κ1) is 17.7. The number of nitrogens with one attached hydrogen (secondary N) is 1. The molecule has 1 amide bonds. The molecule has 1 aliphatic carbocycles. The van der Waals surface area contributed by atoms with Crippen molar-refractivity contribution in [3.8, 4) is 0 Å². The summed E-state index contributed by atoms with van der Waals surface area (Å²) in [7, 11) is 0. The van der Waals surface area contributed by atoms with E-state index in [1.807, 2.05) is 0 Å². The van der Waals surface area contributed by atoms with Crippen LogP contribution in [0.1, 0.15) is 50.5 Å². The minimum absolute atomic E-state index is 0.250. The fourth-order valence-corrected chi connectivity index (χ4v) is 2.99. The second-order valence-corrected chi connectivity index (χ2v) is 5.77. The first-order valence-electron chi connectivity index (χ1n) is 8.27. The van der Waals surface area contributed by atoms with E-state index in [9.17, 15) is 0 Å². The summed E-state index contributed by atoms with van der Waals surface area (Å²) in [5.41, 5.74) is 5.61. The molecule has 21 heavy (non-hydrogen) atoms. The Balaban J connectivity index is 0.000000677. The summed E-state index contributed by atoms with van der Waals surface area (Å²) in [5, 5.41) is 3.57. The molecule has 1 saturated carbocycles. The van der Waals surface area contributed by atoms with Gasteiger partial charge >= 0.3 is 0 Å². The van der Waals surface area contributed by atoms with Gasteiger partial charge in [-0.2, -0.15) is 0 Å². The van der Waals surface area contributed by atoms with Crippen molar-refractivity contribution in [2.24, 2.45) is 11.7 Å². The first-order chi connectivity index (χ1) is 10.4. The molecule has 3 heteroatoms. The van der Waals surface area contributed by atoms with Crippen LogP contribution in [0.2, 0.25) is 0 Å². The molecule has 0 bridgehead atoms. The van der Waals surface area contributed by atoms with Gasteiger partial charge in [-0.25, -0.2) is 0 Å². The zero-order chi connectivity index (χ0) is 15.2. The molecule has 0 radical (unpaired) electrons. The van der Waals surface area contributed by atoms with Crippen LogP contribution < -0.4 is 11.1 Å². The number of benzene rings is 1. The average molecular weight is 290 g/mol. The van der Waals surface area contributed by atoms with E-state index < -0.39 is 0 Å². The lowest BCUT2D eigenvalue weighted by atomic mass is 9.86. The van der Waals surface area contributed by atoms with Gasteiger partial charge in [0.05, 0.1) is 0 Å². The molecule has 2 rings (SSSR count). The van der Waals surface area contributed by atoms with Crippen molar-refractivity contribution in [3.63, 3.8) is 0 Å². The van der Waals surface area contributed by atoms with Crippen molar-refractivity contribution >= 4 is 6.41 Å². The van der Waals surface area contributed by atoms with Crippen molar-refractivity contribution < 1.29 is 4.79 Å². The van der Waals surface area contributed by atoms with Crippen LogP contribution in [0.15, 0.2) is 30.3 Å². The van der Waals surface area contributed by atoms with E-state index in [1.54, 1.807) is 0 Å². The summed E-state index contributed by atoms with van der Waals surface area (Å²) >= 11 is 0. The predicted molar refractivity (Wildman–Crippen MR) is 89.1 cm³/mol. The number of rotatable bonds is 7. The van der Waals surface area contributed by atoms with Crippen molar-refractivity contribution in [2.45, 2.75) is 51.4 Å². The number of carbonyl (C=O) groups is 1. The van der Waals surface area contributed by atoms with Crippen molar-refractivity contribution in [2.75, 3.05) is 13.1 Å². The monoisotopic (exact) mass is 290 g/mol. The molecule has 3 N–H and O–H groups in total. The van der Waals surface area contributed by atoms with E-state index in [1.165, 1.54) is 57.1 Å². The van der Waals surface area contributed by atoms with E-state index >= 15 is 0 Å². The highest BCUT2D eigenvalue weighted by molar-refractivity contribution is 5.42. The van der Waals surface area contributed by atoms with Crippen molar-refractivity contribution in [3.05, 3.63) is 35.9 Å². The van der Waals surface area contributed by atoms with Crippen LogP contribution in [0, 0.1) is 5.92 Å². The molecule has 1 aromatic carbocycles. The molecule has 3 nitrogen and oxygen atoms in total. The van der Waals surface area contributed by atoms with Gasteiger partial charge in [-0.1, -0.05) is 62.4 Å². The Hall–Kier alpha value is -1.35. The second-order valence-electron chi connectivity index (χ2n) is 5.77. The van der Waals surface area contributed by atoms with Gasteiger partial charge in [-0.15, -0.1) is 0 Å². The Morgan fingerprint density at radius 2 is 1.76 bits per heavy atom. The molecule has 1 fully saturated rings.